The number of hydrogen-bond donors (Lipinski definition) is 5. The molecule has 51 heavy (non-hydrogen) atoms. The summed E-state index contributed by atoms with van der Waals surface area (Å²) in [6, 6.07) is 31.4. The molecule has 5 rings (SSSR count). The predicted molar refractivity (Wildman–Crippen MR) is 204 cm³/mol. The van der Waals surface area contributed by atoms with Crippen LogP contribution in [0.25, 0.3) is 11.1 Å². The van der Waals surface area contributed by atoms with Crippen molar-refractivity contribution in [3.63, 3.8) is 0 Å². The van der Waals surface area contributed by atoms with Crippen molar-refractivity contribution < 1.29 is 29.3 Å². The second kappa shape index (κ2) is 20.0. The highest BCUT2D eigenvalue weighted by Gasteiger charge is 2.32. The zero-order valence-corrected chi connectivity index (χ0v) is 29.8. The molecular weight excluding hydrogens is 663 g/mol. The lowest BCUT2D eigenvalue weighted by molar-refractivity contribution is -0.245. The Morgan fingerprint density at radius 3 is 2.22 bits per heavy atom. The third-order valence-electron chi connectivity index (χ3n) is 8.88. The quantitative estimate of drug-likeness (QED) is 0.0535. The lowest BCUT2D eigenvalue weighted by Crippen LogP contribution is -2.31. The minimum atomic E-state index is -0.532. The van der Waals surface area contributed by atoms with Crippen LogP contribution >= 0.6 is 11.8 Å². The van der Waals surface area contributed by atoms with E-state index < -0.39 is 6.29 Å². The van der Waals surface area contributed by atoms with Gasteiger partial charge in [0.1, 0.15) is 0 Å². The Balaban J connectivity index is 1.07. The minimum absolute atomic E-state index is 0.0000531. The highest BCUT2D eigenvalue weighted by molar-refractivity contribution is 7.99. The van der Waals surface area contributed by atoms with E-state index in [2.05, 4.69) is 34.9 Å². The third kappa shape index (κ3) is 11.9. The first-order valence-corrected chi connectivity index (χ1v) is 18.9. The van der Waals surface area contributed by atoms with Gasteiger partial charge in [0, 0.05) is 42.9 Å². The number of carbonyl (C=O) groups excluding carboxylic acids is 2. The summed E-state index contributed by atoms with van der Waals surface area (Å²) in [6.45, 7) is 0.586. The van der Waals surface area contributed by atoms with E-state index in [1.165, 1.54) is 0 Å². The molecule has 2 amide bonds. The molecular formula is C41H49N3O6S. The summed E-state index contributed by atoms with van der Waals surface area (Å²) in [6.07, 6.45) is 4.18. The van der Waals surface area contributed by atoms with Gasteiger partial charge in [-0.1, -0.05) is 91.7 Å². The number of carbonyl (C=O) groups is 2. The van der Waals surface area contributed by atoms with Gasteiger partial charge in [-0.25, -0.2) is 0 Å². The lowest BCUT2D eigenvalue weighted by atomic mass is 9.99. The van der Waals surface area contributed by atoms with Crippen LogP contribution in [0, 0.1) is 0 Å². The number of thioether (sulfide) groups is 1. The van der Waals surface area contributed by atoms with Gasteiger partial charge in [-0.3, -0.25) is 9.59 Å². The molecule has 1 aliphatic rings. The number of ether oxygens (including phenoxy) is 2. The summed E-state index contributed by atoms with van der Waals surface area (Å²) in [7, 11) is 0. The Morgan fingerprint density at radius 1 is 0.765 bits per heavy atom. The average Bonchev–Trinajstić information content (AvgIpc) is 3.16. The molecule has 0 bridgehead atoms. The SMILES string of the molecule is Nc1ccccc1NC(=O)CCCCCCC(=O)NCc1cccc(-c2ccc(C3OC(CSCCO)CC(c4ccc(CO)cc4)O3)cc2)c1. The molecule has 1 saturated heterocycles. The molecule has 9 nitrogen and oxygen atoms in total. The van der Waals surface area contributed by atoms with Gasteiger partial charge < -0.3 is 36.1 Å². The van der Waals surface area contributed by atoms with E-state index in [0.717, 1.165) is 64.8 Å². The maximum atomic E-state index is 12.5. The summed E-state index contributed by atoms with van der Waals surface area (Å²) in [5, 5.41) is 24.6. The van der Waals surface area contributed by atoms with Crippen LogP contribution < -0.4 is 16.4 Å². The molecule has 1 aliphatic heterocycles. The van der Waals surface area contributed by atoms with Crippen molar-refractivity contribution in [1.82, 2.24) is 5.32 Å². The van der Waals surface area contributed by atoms with E-state index in [0.29, 0.717) is 42.9 Å². The van der Waals surface area contributed by atoms with Crippen molar-refractivity contribution >= 4 is 35.0 Å². The van der Waals surface area contributed by atoms with Crippen LogP contribution in [0.3, 0.4) is 0 Å². The maximum Gasteiger partial charge on any atom is 0.224 e. The van der Waals surface area contributed by atoms with Crippen LogP contribution in [0.1, 0.15) is 79.6 Å². The number of nitrogens with two attached hydrogens (primary N) is 1. The van der Waals surface area contributed by atoms with Gasteiger partial charge in [0.15, 0.2) is 6.29 Å². The normalized spacial score (nSPS) is 17.2. The zero-order chi connectivity index (χ0) is 35.8. The van der Waals surface area contributed by atoms with Crippen LogP contribution in [-0.4, -0.2) is 46.2 Å². The molecule has 4 aromatic carbocycles. The molecule has 3 atom stereocenters. The minimum Gasteiger partial charge on any atom is -0.397 e. The van der Waals surface area contributed by atoms with E-state index in [9.17, 15) is 19.8 Å². The summed E-state index contributed by atoms with van der Waals surface area (Å²) < 4.78 is 12.9. The van der Waals surface area contributed by atoms with Crippen molar-refractivity contribution in [1.29, 1.82) is 0 Å². The fourth-order valence-corrected chi connectivity index (χ4v) is 6.81. The second-order valence-electron chi connectivity index (χ2n) is 12.8. The van der Waals surface area contributed by atoms with E-state index in [-0.39, 0.29) is 37.2 Å². The number of anilines is 2. The number of unbranched alkanes of at least 4 members (excludes halogenated alkanes) is 3. The first-order chi connectivity index (χ1) is 24.9. The number of benzene rings is 4. The topological polar surface area (TPSA) is 143 Å². The van der Waals surface area contributed by atoms with Crippen molar-refractivity contribution in [3.8, 4) is 11.1 Å². The van der Waals surface area contributed by atoms with Gasteiger partial charge in [0.25, 0.3) is 0 Å². The van der Waals surface area contributed by atoms with Crippen LogP contribution in [0.5, 0.6) is 0 Å². The highest BCUT2D eigenvalue weighted by Crippen LogP contribution is 2.39. The molecule has 1 heterocycles. The van der Waals surface area contributed by atoms with Gasteiger partial charge in [-0.05, 0) is 58.9 Å². The van der Waals surface area contributed by atoms with E-state index >= 15 is 0 Å². The van der Waals surface area contributed by atoms with E-state index in [1.807, 2.05) is 60.7 Å². The summed E-state index contributed by atoms with van der Waals surface area (Å²) in [5.41, 5.74) is 13.0. The standard InChI is InChI=1S/C41H49N3O6S/c42-36-10-5-6-11-37(36)44-40(48)13-4-2-1-3-12-39(47)43-26-30-8-7-9-34(24-30)31-18-20-33(21-19-31)41-49-35(28-51-23-22-45)25-38(50-41)32-16-14-29(27-46)15-17-32/h5-11,14-21,24,35,38,41,45-46H,1-4,12-13,22-23,25-28,42H2,(H,43,47)(H,44,48). The number of para-hydroxylation sites is 2. The molecule has 4 aromatic rings. The van der Waals surface area contributed by atoms with Crippen molar-refractivity contribution in [2.24, 2.45) is 0 Å². The molecule has 0 aliphatic carbocycles. The zero-order valence-electron chi connectivity index (χ0n) is 29.0. The molecule has 3 unspecified atom stereocenters. The Bertz CT molecular complexity index is 1680. The number of aliphatic hydroxyl groups is 2. The molecule has 0 spiro atoms. The van der Waals surface area contributed by atoms with Crippen molar-refractivity contribution in [2.75, 3.05) is 29.2 Å². The molecule has 10 heteroatoms. The summed E-state index contributed by atoms with van der Waals surface area (Å²) >= 11 is 1.67. The number of rotatable bonds is 18. The Hall–Kier alpha value is -4.19. The third-order valence-corrected chi connectivity index (χ3v) is 9.96. The first kappa shape index (κ1) is 38.1. The molecule has 0 saturated carbocycles. The maximum absolute atomic E-state index is 12.5. The van der Waals surface area contributed by atoms with Crippen LogP contribution in [0.4, 0.5) is 11.4 Å². The monoisotopic (exact) mass is 711 g/mol. The predicted octanol–water partition coefficient (Wildman–Crippen LogP) is 7.29. The first-order valence-electron chi connectivity index (χ1n) is 17.7. The fourth-order valence-electron chi connectivity index (χ4n) is 6.03. The van der Waals surface area contributed by atoms with Crippen LogP contribution in [0.15, 0.2) is 97.1 Å². The lowest BCUT2D eigenvalue weighted by Gasteiger charge is -2.36. The van der Waals surface area contributed by atoms with Gasteiger partial charge in [0.05, 0.1) is 36.8 Å². The summed E-state index contributed by atoms with van der Waals surface area (Å²) in [5.74, 6) is 1.39. The van der Waals surface area contributed by atoms with Gasteiger partial charge in [-0.15, -0.1) is 0 Å². The van der Waals surface area contributed by atoms with Gasteiger partial charge in [-0.2, -0.15) is 11.8 Å². The van der Waals surface area contributed by atoms with E-state index in [4.69, 9.17) is 15.2 Å². The number of nitrogen functional groups attached to an aromatic ring is 1. The average molecular weight is 712 g/mol. The smallest absolute Gasteiger partial charge is 0.224 e. The second-order valence-corrected chi connectivity index (χ2v) is 13.9. The largest absolute Gasteiger partial charge is 0.397 e. The Morgan fingerprint density at radius 2 is 1.49 bits per heavy atom. The number of hydrogen-bond acceptors (Lipinski definition) is 8. The van der Waals surface area contributed by atoms with Gasteiger partial charge >= 0.3 is 0 Å². The highest BCUT2D eigenvalue weighted by atomic mass is 32.2. The van der Waals surface area contributed by atoms with Gasteiger partial charge in [0.2, 0.25) is 11.8 Å². The summed E-state index contributed by atoms with van der Waals surface area (Å²) in [4.78, 5) is 24.7. The Kier molecular flexibility index (Phi) is 14.9. The van der Waals surface area contributed by atoms with E-state index in [1.54, 1.807) is 23.9 Å². The van der Waals surface area contributed by atoms with Crippen molar-refractivity contribution in [2.45, 2.75) is 76.6 Å². The van der Waals surface area contributed by atoms with Crippen LogP contribution in [-0.2, 0) is 32.2 Å². The molecule has 1 fully saturated rings. The van der Waals surface area contributed by atoms with Crippen LogP contribution in [0.2, 0.25) is 0 Å². The molecule has 270 valence electrons. The van der Waals surface area contributed by atoms with Crippen molar-refractivity contribution in [3.05, 3.63) is 119 Å². The molecule has 0 radical (unpaired) electrons. The number of nitrogens with one attached hydrogen (secondary N) is 2. The molecule has 6 N–H and O–H groups in total. The fraction of sp³-hybridized carbons (Fsp3) is 0.366. The number of amides is 2. The Labute approximate surface area is 305 Å². The number of aliphatic hydroxyl groups excluding tert-OH is 2. The molecule has 0 aromatic heterocycles.